The van der Waals surface area contributed by atoms with E-state index in [2.05, 4.69) is 30.5 Å². The van der Waals surface area contributed by atoms with Crippen LogP contribution in [0.2, 0.25) is 0 Å². The molecule has 9 heteroatoms. The van der Waals surface area contributed by atoms with Gasteiger partial charge in [0.2, 0.25) is 11.9 Å². The molecule has 3 amide bonds. The van der Waals surface area contributed by atoms with Gasteiger partial charge in [0.25, 0.3) is 0 Å². The van der Waals surface area contributed by atoms with Crippen LogP contribution in [-0.4, -0.2) is 64.0 Å². The number of pyridine rings is 1. The number of para-hydroxylation sites is 2. The maximum absolute atomic E-state index is 12.5. The first-order valence-electron chi connectivity index (χ1n) is 9.57. The summed E-state index contributed by atoms with van der Waals surface area (Å²) in [7, 11) is 0. The summed E-state index contributed by atoms with van der Waals surface area (Å²) in [6.07, 6.45) is 1.76. The summed E-state index contributed by atoms with van der Waals surface area (Å²) in [6, 6.07) is 12.4. The molecule has 3 heterocycles. The molecular weight excluding hydrogens is 370 g/mol. The lowest BCUT2D eigenvalue weighted by Crippen LogP contribution is -2.54. The highest BCUT2D eigenvalue weighted by atomic mass is 16.2. The summed E-state index contributed by atoms with van der Waals surface area (Å²) in [4.78, 5) is 40.5. The van der Waals surface area contributed by atoms with Gasteiger partial charge in [-0.2, -0.15) is 0 Å². The fourth-order valence-corrected chi connectivity index (χ4v) is 3.26. The number of benzene rings is 1. The Bertz CT molecular complexity index is 963. The van der Waals surface area contributed by atoms with E-state index in [0.29, 0.717) is 32.1 Å². The summed E-state index contributed by atoms with van der Waals surface area (Å²) in [5, 5.41) is 5.47. The molecule has 1 aliphatic rings. The Morgan fingerprint density at radius 1 is 1.07 bits per heavy atom. The van der Waals surface area contributed by atoms with Gasteiger partial charge in [0.15, 0.2) is 0 Å². The van der Waals surface area contributed by atoms with Crippen LogP contribution in [0, 0.1) is 0 Å². The third-order valence-electron chi connectivity index (χ3n) is 4.90. The molecule has 9 nitrogen and oxygen atoms in total. The fraction of sp³-hybridized carbons (Fsp3) is 0.300. The topological polar surface area (TPSA) is 106 Å². The van der Waals surface area contributed by atoms with E-state index >= 15 is 0 Å². The van der Waals surface area contributed by atoms with Crippen LogP contribution in [0.25, 0.3) is 11.0 Å². The van der Waals surface area contributed by atoms with Crippen LogP contribution in [0.3, 0.4) is 0 Å². The van der Waals surface area contributed by atoms with E-state index in [1.165, 1.54) is 0 Å². The van der Waals surface area contributed by atoms with Gasteiger partial charge in [0, 0.05) is 32.4 Å². The molecule has 3 aromatic rings. The molecule has 0 bridgehead atoms. The molecule has 0 radical (unpaired) electrons. The first-order valence-corrected chi connectivity index (χ1v) is 9.57. The summed E-state index contributed by atoms with van der Waals surface area (Å²) in [6.45, 7) is 4.19. The Labute approximate surface area is 168 Å². The van der Waals surface area contributed by atoms with Crippen LogP contribution in [0.5, 0.6) is 0 Å². The van der Waals surface area contributed by atoms with Crippen molar-refractivity contribution in [3.05, 3.63) is 48.7 Å². The number of anilines is 2. The van der Waals surface area contributed by atoms with Crippen LogP contribution in [0.15, 0.2) is 48.7 Å². The molecule has 2 aromatic heterocycles. The van der Waals surface area contributed by atoms with E-state index in [4.69, 9.17) is 0 Å². The average Bonchev–Trinajstić information content (AvgIpc) is 3.16. The quantitative estimate of drug-likeness (QED) is 0.627. The lowest BCUT2D eigenvalue weighted by molar-refractivity contribution is -0.117. The zero-order valence-electron chi connectivity index (χ0n) is 16.1. The molecule has 1 fully saturated rings. The second-order valence-electron chi connectivity index (χ2n) is 6.93. The van der Waals surface area contributed by atoms with Crippen LogP contribution in [0.4, 0.5) is 16.6 Å². The van der Waals surface area contributed by atoms with Crippen molar-refractivity contribution in [3.8, 4) is 0 Å². The van der Waals surface area contributed by atoms with E-state index in [1.807, 2.05) is 42.5 Å². The van der Waals surface area contributed by atoms with Crippen LogP contribution in [-0.2, 0) is 4.79 Å². The molecule has 1 atom stereocenters. The number of nitrogens with zero attached hydrogens (tertiary/aromatic N) is 4. The molecule has 3 N–H and O–H groups in total. The maximum Gasteiger partial charge on any atom is 0.318 e. The molecule has 4 rings (SSSR count). The van der Waals surface area contributed by atoms with Gasteiger partial charge in [-0.1, -0.05) is 18.2 Å². The molecule has 150 valence electrons. The highest BCUT2D eigenvalue weighted by Gasteiger charge is 2.24. The predicted molar refractivity (Wildman–Crippen MR) is 111 cm³/mol. The third kappa shape index (κ3) is 4.29. The smallest absolute Gasteiger partial charge is 0.318 e. The fourth-order valence-electron chi connectivity index (χ4n) is 3.26. The molecule has 0 saturated carbocycles. The number of hydrogen-bond donors (Lipinski definition) is 3. The van der Waals surface area contributed by atoms with E-state index in [9.17, 15) is 9.59 Å². The van der Waals surface area contributed by atoms with Gasteiger partial charge in [-0.25, -0.2) is 14.8 Å². The van der Waals surface area contributed by atoms with Crippen LogP contribution in [0.1, 0.15) is 6.92 Å². The van der Waals surface area contributed by atoms with Crippen molar-refractivity contribution < 1.29 is 9.59 Å². The number of piperazine rings is 1. The molecule has 0 unspecified atom stereocenters. The zero-order chi connectivity index (χ0) is 20.2. The summed E-state index contributed by atoms with van der Waals surface area (Å²) >= 11 is 0. The zero-order valence-corrected chi connectivity index (χ0v) is 16.1. The number of nitrogens with one attached hydrogen (secondary N) is 3. The van der Waals surface area contributed by atoms with Crippen molar-refractivity contribution in [1.82, 2.24) is 25.2 Å². The molecule has 1 saturated heterocycles. The van der Waals surface area contributed by atoms with E-state index in [1.54, 1.807) is 18.0 Å². The Morgan fingerprint density at radius 3 is 2.55 bits per heavy atom. The predicted octanol–water partition coefficient (Wildman–Crippen LogP) is 1.82. The first kappa shape index (κ1) is 18.7. The number of fused-ring (bicyclic) bond motifs is 1. The third-order valence-corrected chi connectivity index (χ3v) is 4.90. The monoisotopic (exact) mass is 393 g/mol. The van der Waals surface area contributed by atoms with Crippen molar-refractivity contribution in [1.29, 1.82) is 0 Å². The molecular formula is C20H23N7O2. The lowest BCUT2D eigenvalue weighted by atomic mass is 10.3. The highest BCUT2D eigenvalue weighted by molar-refractivity contribution is 5.96. The second kappa shape index (κ2) is 8.17. The van der Waals surface area contributed by atoms with Gasteiger partial charge in [-0.15, -0.1) is 0 Å². The Hall–Kier alpha value is -3.62. The van der Waals surface area contributed by atoms with Gasteiger partial charge < -0.3 is 20.1 Å². The number of imidazole rings is 1. The minimum absolute atomic E-state index is 0.252. The van der Waals surface area contributed by atoms with Gasteiger partial charge in [-0.3, -0.25) is 10.1 Å². The minimum Gasteiger partial charge on any atom is -0.353 e. The highest BCUT2D eigenvalue weighted by Crippen LogP contribution is 2.14. The first-order chi connectivity index (χ1) is 14.1. The van der Waals surface area contributed by atoms with Crippen molar-refractivity contribution in [2.24, 2.45) is 0 Å². The largest absolute Gasteiger partial charge is 0.353 e. The summed E-state index contributed by atoms with van der Waals surface area (Å²) < 4.78 is 0. The molecule has 1 aromatic carbocycles. The number of H-pyrrole nitrogens is 1. The Kier molecular flexibility index (Phi) is 5.28. The van der Waals surface area contributed by atoms with E-state index < -0.39 is 6.04 Å². The number of urea groups is 1. The molecule has 0 aliphatic carbocycles. The van der Waals surface area contributed by atoms with Crippen molar-refractivity contribution in [2.75, 3.05) is 36.4 Å². The summed E-state index contributed by atoms with van der Waals surface area (Å²) in [5.74, 6) is 0.942. The van der Waals surface area contributed by atoms with Crippen molar-refractivity contribution >= 4 is 34.7 Å². The van der Waals surface area contributed by atoms with Crippen molar-refractivity contribution in [2.45, 2.75) is 13.0 Å². The Morgan fingerprint density at radius 2 is 1.83 bits per heavy atom. The number of aromatic amines is 1. The van der Waals surface area contributed by atoms with E-state index in [-0.39, 0.29) is 11.9 Å². The van der Waals surface area contributed by atoms with Gasteiger partial charge in [-0.05, 0) is 31.2 Å². The van der Waals surface area contributed by atoms with Crippen LogP contribution < -0.4 is 15.5 Å². The minimum atomic E-state index is -0.690. The number of carbonyl (C=O) groups is 2. The molecule has 29 heavy (non-hydrogen) atoms. The number of amides is 3. The van der Waals surface area contributed by atoms with Crippen molar-refractivity contribution in [3.63, 3.8) is 0 Å². The summed E-state index contributed by atoms with van der Waals surface area (Å²) in [5.41, 5.74) is 1.61. The number of aromatic nitrogens is 3. The van der Waals surface area contributed by atoms with E-state index in [0.717, 1.165) is 16.9 Å². The number of rotatable bonds is 4. The van der Waals surface area contributed by atoms with Crippen LogP contribution >= 0.6 is 0 Å². The van der Waals surface area contributed by atoms with Gasteiger partial charge in [0.1, 0.15) is 11.9 Å². The standard InChI is InChI=1S/C20H23N7O2/c1-14(18(28)25-19-23-15-6-2-3-7-16(15)24-19)22-20(29)27-12-10-26(11-13-27)17-8-4-5-9-21-17/h2-9,14H,10-13H2,1H3,(H,22,29)(H2,23,24,25,28)/t14-/m0/s1. The normalized spacial score (nSPS) is 15.2. The SMILES string of the molecule is C[C@H](NC(=O)N1CCN(c2ccccn2)CC1)C(=O)Nc1nc2ccccc2[nH]1. The lowest BCUT2D eigenvalue weighted by Gasteiger charge is -2.35. The average molecular weight is 393 g/mol. The second-order valence-corrected chi connectivity index (χ2v) is 6.93. The van der Waals surface area contributed by atoms with Gasteiger partial charge >= 0.3 is 6.03 Å². The van der Waals surface area contributed by atoms with Gasteiger partial charge in [0.05, 0.1) is 11.0 Å². The number of carbonyl (C=O) groups excluding carboxylic acids is 2. The maximum atomic E-state index is 12.5. The Balaban J connectivity index is 1.28. The molecule has 0 spiro atoms. The number of hydrogen-bond acceptors (Lipinski definition) is 5. The molecule has 1 aliphatic heterocycles.